The summed E-state index contributed by atoms with van der Waals surface area (Å²) in [6.07, 6.45) is 2.17. The molecule has 2 aromatic heterocycles. The van der Waals surface area contributed by atoms with Gasteiger partial charge in [-0.1, -0.05) is 35.6 Å². The van der Waals surface area contributed by atoms with Crippen LogP contribution in [0.5, 0.6) is 0 Å². The van der Waals surface area contributed by atoms with Crippen LogP contribution in [-0.4, -0.2) is 30.2 Å². The smallest absolute Gasteiger partial charge is 0.260 e. The van der Waals surface area contributed by atoms with Gasteiger partial charge in [-0.2, -0.15) is 4.31 Å². The first-order chi connectivity index (χ1) is 18.4. The number of rotatable bonds is 6. The Bertz CT molecular complexity index is 1730. The Morgan fingerprint density at radius 2 is 1.82 bits per heavy atom. The summed E-state index contributed by atoms with van der Waals surface area (Å²) >= 11 is 1.19. The lowest BCUT2D eigenvalue weighted by Gasteiger charge is -2.28. The molecular weight excluding hydrogens is 525 g/mol. The number of hydrogen-bond acceptors (Lipinski definition) is 6. The van der Waals surface area contributed by atoms with E-state index in [-0.39, 0.29) is 23.2 Å². The summed E-state index contributed by atoms with van der Waals surface area (Å²) in [4.78, 5) is 19.7. The molecule has 192 valence electrons. The van der Waals surface area contributed by atoms with Crippen molar-refractivity contribution in [3.63, 3.8) is 0 Å². The van der Waals surface area contributed by atoms with Crippen molar-refractivity contribution in [2.24, 2.45) is 0 Å². The number of carbonyl (C=O) groups excluding carboxylic acids is 1. The van der Waals surface area contributed by atoms with Crippen LogP contribution in [0.15, 0.2) is 94.4 Å². The van der Waals surface area contributed by atoms with E-state index in [0.717, 1.165) is 11.1 Å². The van der Waals surface area contributed by atoms with Gasteiger partial charge in [0, 0.05) is 18.7 Å². The molecule has 0 aliphatic carbocycles. The number of sulfonamides is 1. The molecule has 1 aliphatic heterocycles. The van der Waals surface area contributed by atoms with Crippen molar-refractivity contribution in [2.75, 3.05) is 11.4 Å². The molecule has 0 radical (unpaired) electrons. The molecule has 5 aromatic rings. The van der Waals surface area contributed by atoms with Crippen molar-refractivity contribution in [2.45, 2.75) is 24.4 Å². The number of aromatic nitrogens is 1. The van der Waals surface area contributed by atoms with Crippen molar-refractivity contribution in [1.82, 2.24) is 9.29 Å². The largest absolute Gasteiger partial charge is 0.467 e. The van der Waals surface area contributed by atoms with Gasteiger partial charge in [0.15, 0.2) is 5.13 Å². The summed E-state index contributed by atoms with van der Waals surface area (Å²) in [5.74, 6) is -0.212. The quantitative estimate of drug-likeness (QED) is 0.275. The zero-order valence-electron chi connectivity index (χ0n) is 20.1. The predicted octanol–water partition coefficient (Wildman–Crippen LogP) is 5.62. The zero-order valence-corrected chi connectivity index (χ0v) is 21.7. The second-order valence-electron chi connectivity index (χ2n) is 8.96. The third kappa shape index (κ3) is 4.62. The molecule has 0 unspecified atom stereocenters. The van der Waals surface area contributed by atoms with Gasteiger partial charge in [0.25, 0.3) is 5.91 Å². The Morgan fingerprint density at radius 3 is 2.58 bits per heavy atom. The highest BCUT2D eigenvalue weighted by molar-refractivity contribution is 7.89. The third-order valence-electron chi connectivity index (χ3n) is 6.54. The van der Waals surface area contributed by atoms with E-state index in [0.29, 0.717) is 46.2 Å². The number of anilines is 1. The first-order valence-electron chi connectivity index (χ1n) is 12.0. The van der Waals surface area contributed by atoms with Gasteiger partial charge < -0.3 is 4.42 Å². The fourth-order valence-electron chi connectivity index (χ4n) is 4.54. The molecule has 1 aliphatic rings. The Kier molecular flexibility index (Phi) is 6.30. The van der Waals surface area contributed by atoms with Crippen molar-refractivity contribution in [3.05, 3.63) is 113 Å². The van der Waals surface area contributed by atoms with E-state index in [2.05, 4.69) is 4.98 Å². The first kappa shape index (κ1) is 24.5. The van der Waals surface area contributed by atoms with Gasteiger partial charge >= 0.3 is 0 Å². The number of thiazole rings is 1. The Hall–Kier alpha value is -3.86. The van der Waals surface area contributed by atoms with E-state index in [1.165, 1.54) is 63.2 Å². The van der Waals surface area contributed by atoms with E-state index < -0.39 is 10.0 Å². The number of halogens is 1. The molecule has 0 fully saturated rings. The zero-order chi connectivity index (χ0) is 26.3. The monoisotopic (exact) mass is 547 g/mol. The minimum atomic E-state index is -3.73. The molecule has 0 saturated carbocycles. The van der Waals surface area contributed by atoms with Crippen LogP contribution in [-0.2, 0) is 29.5 Å². The van der Waals surface area contributed by atoms with Gasteiger partial charge in [-0.25, -0.2) is 17.8 Å². The van der Waals surface area contributed by atoms with Gasteiger partial charge in [0.1, 0.15) is 11.6 Å². The van der Waals surface area contributed by atoms with E-state index in [4.69, 9.17) is 4.42 Å². The Morgan fingerprint density at radius 1 is 1.03 bits per heavy atom. The van der Waals surface area contributed by atoms with Gasteiger partial charge in [0.2, 0.25) is 10.0 Å². The minimum Gasteiger partial charge on any atom is -0.467 e. The van der Waals surface area contributed by atoms with Gasteiger partial charge in [0.05, 0.1) is 27.9 Å². The number of furan rings is 1. The van der Waals surface area contributed by atoms with Gasteiger partial charge in [-0.15, -0.1) is 0 Å². The maximum absolute atomic E-state index is 13.7. The lowest BCUT2D eigenvalue weighted by Crippen LogP contribution is -2.36. The minimum absolute atomic E-state index is 0.112. The number of benzene rings is 3. The summed E-state index contributed by atoms with van der Waals surface area (Å²) < 4.78 is 48.0. The molecule has 38 heavy (non-hydrogen) atoms. The average Bonchev–Trinajstić information content (AvgIpc) is 3.60. The van der Waals surface area contributed by atoms with Crippen molar-refractivity contribution in [3.8, 4) is 0 Å². The van der Waals surface area contributed by atoms with Crippen molar-refractivity contribution < 1.29 is 22.0 Å². The van der Waals surface area contributed by atoms with Crippen LogP contribution < -0.4 is 4.90 Å². The fraction of sp³-hybridized carbons (Fsp3) is 0.143. The van der Waals surface area contributed by atoms with Crippen LogP contribution in [0.3, 0.4) is 0 Å². The standard InChI is InChI=1S/C28H22FN3O4S2/c29-22-9-12-25-26(16-22)37-28(30-25)32(18-23-6-3-15-36-23)27(33)20-7-10-24(11-8-20)38(34,35)31-14-13-19-4-1-2-5-21(19)17-31/h1-12,15-16H,13-14,17-18H2. The predicted molar refractivity (Wildman–Crippen MR) is 143 cm³/mol. The first-order valence-corrected chi connectivity index (χ1v) is 14.2. The lowest BCUT2D eigenvalue weighted by atomic mass is 10.0. The molecule has 0 bridgehead atoms. The Labute approximate surface area is 222 Å². The van der Waals surface area contributed by atoms with Crippen LogP contribution in [0.1, 0.15) is 27.2 Å². The van der Waals surface area contributed by atoms with Gasteiger partial charge in [-0.05, 0) is 72.1 Å². The van der Waals surface area contributed by atoms with E-state index >= 15 is 0 Å². The molecular formula is C28H22FN3O4S2. The van der Waals surface area contributed by atoms with Crippen molar-refractivity contribution in [1.29, 1.82) is 0 Å². The summed E-state index contributed by atoms with van der Waals surface area (Å²) in [6, 6.07) is 21.5. The lowest BCUT2D eigenvalue weighted by molar-refractivity contribution is 0.0983. The van der Waals surface area contributed by atoms with E-state index in [1.807, 2.05) is 24.3 Å². The molecule has 1 amide bonds. The molecule has 0 atom stereocenters. The average molecular weight is 548 g/mol. The van der Waals surface area contributed by atoms with Crippen LogP contribution in [0.25, 0.3) is 10.2 Å². The summed E-state index contributed by atoms with van der Waals surface area (Å²) in [7, 11) is -3.73. The second kappa shape index (κ2) is 9.79. The topological polar surface area (TPSA) is 83.7 Å². The molecule has 6 rings (SSSR count). The molecule has 0 spiro atoms. The third-order valence-corrected chi connectivity index (χ3v) is 9.44. The van der Waals surface area contributed by atoms with Crippen LogP contribution in [0.4, 0.5) is 9.52 Å². The highest BCUT2D eigenvalue weighted by atomic mass is 32.2. The summed E-state index contributed by atoms with van der Waals surface area (Å²) in [6.45, 7) is 0.824. The number of nitrogens with zero attached hydrogens (tertiary/aromatic N) is 3. The normalized spacial score (nSPS) is 13.9. The molecule has 3 heterocycles. The molecule has 0 N–H and O–H groups in total. The molecule has 3 aromatic carbocycles. The van der Waals surface area contributed by atoms with Crippen molar-refractivity contribution >= 4 is 42.6 Å². The van der Waals surface area contributed by atoms with Crippen LogP contribution >= 0.6 is 11.3 Å². The van der Waals surface area contributed by atoms with Gasteiger partial charge in [-0.3, -0.25) is 9.69 Å². The number of hydrogen-bond donors (Lipinski definition) is 0. The summed E-state index contributed by atoms with van der Waals surface area (Å²) in [5, 5.41) is 0.385. The molecule has 0 saturated heterocycles. The van der Waals surface area contributed by atoms with Crippen LogP contribution in [0, 0.1) is 5.82 Å². The molecule has 7 nitrogen and oxygen atoms in total. The Balaban J connectivity index is 1.28. The highest BCUT2D eigenvalue weighted by Gasteiger charge is 2.29. The highest BCUT2D eigenvalue weighted by Crippen LogP contribution is 2.32. The van der Waals surface area contributed by atoms with E-state index in [1.54, 1.807) is 18.2 Å². The fourth-order valence-corrected chi connectivity index (χ4v) is 6.94. The van der Waals surface area contributed by atoms with E-state index in [9.17, 15) is 17.6 Å². The summed E-state index contributed by atoms with van der Waals surface area (Å²) in [5.41, 5.74) is 3.03. The maximum Gasteiger partial charge on any atom is 0.260 e. The number of carbonyl (C=O) groups is 1. The molecule has 10 heteroatoms. The SMILES string of the molecule is O=C(c1ccc(S(=O)(=O)N2CCc3ccccc3C2)cc1)N(Cc1ccco1)c1nc2ccc(F)cc2s1. The number of fused-ring (bicyclic) bond motifs is 2. The number of amides is 1. The maximum atomic E-state index is 13.7. The second-order valence-corrected chi connectivity index (χ2v) is 11.9. The van der Waals surface area contributed by atoms with Crippen LogP contribution in [0.2, 0.25) is 0 Å².